The second-order valence-electron chi connectivity index (χ2n) is 5.04. The fraction of sp³-hybridized carbons (Fsp3) is 0.700. The highest BCUT2D eigenvalue weighted by Crippen LogP contribution is 2.16. The van der Waals surface area contributed by atoms with Crippen molar-refractivity contribution in [3.8, 4) is 0 Å². The molecular formula is C10H19ClN6. The Morgan fingerprint density at radius 1 is 1.29 bits per heavy atom. The van der Waals surface area contributed by atoms with Gasteiger partial charge in [-0.25, -0.2) is 0 Å². The molecule has 1 rings (SSSR count). The van der Waals surface area contributed by atoms with Crippen molar-refractivity contribution in [2.45, 2.75) is 13.8 Å². The van der Waals surface area contributed by atoms with Crippen molar-refractivity contribution in [1.82, 2.24) is 19.9 Å². The van der Waals surface area contributed by atoms with Crippen molar-refractivity contribution < 1.29 is 0 Å². The maximum absolute atomic E-state index is 5.69. The van der Waals surface area contributed by atoms with Crippen molar-refractivity contribution in [3.05, 3.63) is 5.28 Å². The van der Waals surface area contributed by atoms with E-state index in [-0.39, 0.29) is 16.6 Å². The van der Waals surface area contributed by atoms with Gasteiger partial charge in [0.25, 0.3) is 0 Å². The van der Waals surface area contributed by atoms with Gasteiger partial charge in [0.1, 0.15) is 0 Å². The van der Waals surface area contributed by atoms with Crippen LogP contribution in [0.2, 0.25) is 5.28 Å². The summed E-state index contributed by atoms with van der Waals surface area (Å²) in [6.07, 6.45) is 0. The highest BCUT2D eigenvalue weighted by atomic mass is 35.5. The molecule has 6 nitrogen and oxygen atoms in total. The first kappa shape index (κ1) is 13.9. The summed E-state index contributed by atoms with van der Waals surface area (Å²) >= 11 is 5.69. The van der Waals surface area contributed by atoms with Crippen LogP contribution in [0.5, 0.6) is 0 Å². The lowest BCUT2D eigenvalue weighted by atomic mass is 9.93. The van der Waals surface area contributed by atoms with Crippen LogP contribution in [0.15, 0.2) is 0 Å². The van der Waals surface area contributed by atoms with Crippen LogP contribution in [0.25, 0.3) is 0 Å². The Labute approximate surface area is 107 Å². The van der Waals surface area contributed by atoms with Gasteiger partial charge in [0.05, 0.1) is 0 Å². The van der Waals surface area contributed by atoms with Crippen LogP contribution < -0.4 is 11.1 Å². The lowest BCUT2D eigenvalue weighted by Crippen LogP contribution is -2.34. The van der Waals surface area contributed by atoms with Crippen molar-refractivity contribution >= 4 is 23.5 Å². The van der Waals surface area contributed by atoms with E-state index in [1.54, 1.807) is 0 Å². The molecule has 0 saturated heterocycles. The number of halogens is 1. The predicted molar refractivity (Wildman–Crippen MR) is 70.1 cm³/mol. The number of hydrogen-bond donors (Lipinski definition) is 2. The normalized spacial score (nSPS) is 11.9. The average Bonchev–Trinajstić information content (AvgIpc) is 2.11. The minimum absolute atomic E-state index is 0.0946. The van der Waals surface area contributed by atoms with E-state index in [4.69, 9.17) is 17.3 Å². The first-order valence-corrected chi connectivity index (χ1v) is 5.72. The van der Waals surface area contributed by atoms with Crippen LogP contribution in [0.1, 0.15) is 13.8 Å². The van der Waals surface area contributed by atoms with E-state index in [1.807, 2.05) is 14.1 Å². The highest BCUT2D eigenvalue weighted by Gasteiger charge is 2.19. The van der Waals surface area contributed by atoms with E-state index in [9.17, 15) is 0 Å². The molecule has 7 heteroatoms. The number of nitrogens with zero attached hydrogens (tertiary/aromatic N) is 4. The molecule has 0 aliphatic carbocycles. The summed E-state index contributed by atoms with van der Waals surface area (Å²) in [5, 5.41) is 3.22. The molecular weight excluding hydrogens is 240 g/mol. The third kappa shape index (κ3) is 5.14. The largest absolute Gasteiger partial charge is 0.368 e. The SMILES string of the molecule is CN(C)CC(C)(C)CNc1nc(N)nc(Cl)n1. The molecule has 3 N–H and O–H groups in total. The number of aromatic nitrogens is 3. The fourth-order valence-electron chi connectivity index (χ4n) is 1.67. The van der Waals surface area contributed by atoms with Crippen LogP contribution in [0, 0.1) is 5.41 Å². The van der Waals surface area contributed by atoms with E-state index in [0.717, 1.165) is 13.1 Å². The first-order valence-electron chi connectivity index (χ1n) is 5.34. The van der Waals surface area contributed by atoms with Gasteiger partial charge in [0.15, 0.2) is 0 Å². The third-order valence-corrected chi connectivity index (χ3v) is 2.26. The average molecular weight is 259 g/mol. The van der Waals surface area contributed by atoms with Gasteiger partial charge in [-0.15, -0.1) is 0 Å². The minimum Gasteiger partial charge on any atom is -0.368 e. The van der Waals surface area contributed by atoms with Crippen molar-refractivity contribution in [2.24, 2.45) is 5.41 Å². The number of anilines is 2. The molecule has 0 atom stereocenters. The molecule has 0 unspecified atom stereocenters. The minimum atomic E-state index is 0.0946. The number of rotatable bonds is 5. The lowest BCUT2D eigenvalue weighted by Gasteiger charge is -2.28. The molecule has 0 amide bonds. The number of hydrogen-bond acceptors (Lipinski definition) is 6. The topological polar surface area (TPSA) is 80.0 Å². The second kappa shape index (κ2) is 5.46. The van der Waals surface area contributed by atoms with Gasteiger partial charge in [-0.05, 0) is 31.1 Å². The van der Waals surface area contributed by atoms with Gasteiger partial charge < -0.3 is 16.0 Å². The zero-order chi connectivity index (χ0) is 13.1. The Morgan fingerprint density at radius 2 is 1.94 bits per heavy atom. The summed E-state index contributed by atoms with van der Waals surface area (Å²) in [5.74, 6) is 0.534. The zero-order valence-electron chi connectivity index (χ0n) is 10.7. The van der Waals surface area contributed by atoms with E-state index in [1.165, 1.54) is 0 Å². The summed E-state index contributed by atoms with van der Waals surface area (Å²) in [7, 11) is 4.08. The van der Waals surface area contributed by atoms with Crippen LogP contribution in [-0.2, 0) is 0 Å². The molecule has 0 radical (unpaired) electrons. The lowest BCUT2D eigenvalue weighted by molar-refractivity contribution is 0.254. The van der Waals surface area contributed by atoms with Gasteiger partial charge in [-0.3, -0.25) is 0 Å². The second-order valence-corrected chi connectivity index (χ2v) is 5.38. The van der Waals surface area contributed by atoms with Crippen LogP contribution >= 0.6 is 11.6 Å². The summed E-state index contributed by atoms with van der Waals surface area (Å²) in [4.78, 5) is 13.8. The fourth-order valence-corrected chi connectivity index (χ4v) is 1.84. The molecule has 0 aromatic carbocycles. The number of nitrogens with two attached hydrogens (primary N) is 1. The highest BCUT2D eigenvalue weighted by molar-refractivity contribution is 6.28. The van der Waals surface area contributed by atoms with Crippen LogP contribution in [0.4, 0.5) is 11.9 Å². The molecule has 0 aliphatic rings. The van der Waals surface area contributed by atoms with Gasteiger partial charge in [0, 0.05) is 13.1 Å². The Balaban J connectivity index is 2.60. The maximum atomic E-state index is 5.69. The van der Waals surface area contributed by atoms with Gasteiger partial charge in [0.2, 0.25) is 17.2 Å². The Kier molecular flexibility index (Phi) is 4.47. The summed E-state index contributed by atoms with van der Waals surface area (Å²) < 4.78 is 0. The van der Waals surface area contributed by atoms with Gasteiger partial charge in [-0.2, -0.15) is 15.0 Å². The Morgan fingerprint density at radius 3 is 2.47 bits per heavy atom. The molecule has 0 saturated carbocycles. The molecule has 17 heavy (non-hydrogen) atoms. The smallest absolute Gasteiger partial charge is 0.228 e. The van der Waals surface area contributed by atoms with Crippen molar-refractivity contribution in [2.75, 3.05) is 38.2 Å². The third-order valence-electron chi connectivity index (χ3n) is 2.09. The number of nitrogen functional groups attached to an aromatic ring is 1. The van der Waals surface area contributed by atoms with Gasteiger partial charge >= 0.3 is 0 Å². The summed E-state index contributed by atoms with van der Waals surface area (Å²) in [6, 6.07) is 0. The molecule has 1 aromatic rings. The van der Waals surface area contributed by atoms with E-state index in [0.29, 0.717) is 5.95 Å². The molecule has 96 valence electrons. The molecule has 0 spiro atoms. The first-order chi connectivity index (χ1) is 7.78. The standard InChI is InChI=1S/C10H19ClN6/c1-10(2,6-17(3)4)5-13-9-15-7(11)14-8(12)16-9/h5-6H2,1-4H3,(H3,12,13,14,15,16). The maximum Gasteiger partial charge on any atom is 0.228 e. The quantitative estimate of drug-likeness (QED) is 0.824. The van der Waals surface area contributed by atoms with E-state index >= 15 is 0 Å². The molecule has 0 bridgehead atoms. The molecule has 1 aromatic heterocycles. The van der Waals surface area contributed by atoms with Crippen molar-refractivity contribution in [1.29, 1.82) is 0 Å². The number of nitrogens with one attached hydrogen (secondary N) is 1. The molecule has 0 fully saturated rings. The Hall–Kier alpha value is -1.14. The Bertz CT molecular complexity index is 359. The predicted octanol–water partition coefficient (Wildman–Crippen LogP) is 1.11. The molecule has 1 heterocycles. The van der Waals surface area contributed by atoms with Gasteiger partial charge in [-0.1, -0.05) is 13.8 Å². The summed E-state index contributed by atoms with van der Waals surface area (Å²) in [5.41, 5.74) is 5.58. The van der Waals surface area contributed by atoms with Crippen molar-refractivity contribution in [3.63, 3.8) is 0 Å². The van der Waals surface area contributed by atoms with Crippen LogP contribution in [-0.4, -0.2) is 47.0 Å². The molecule has 0 aliphatic heterocycles. The zero-order valence-corrected chi connectivity index (χ0v) is 11.4. The monoisotopic (exact) mass is 258 g/mol. The summed E-state index contributed by atoms with van der Waals surface area (Å²) in [6.45, 7) is 6.00. The van der Waals surface area contributed by atoms with E-state index < -0.39 is 0 Å². The van der Waals surface area contributed by atoms with Crippen LogP contribution in [0.3, 0.4) is 0 Å². The van der Waals surface area contributed by atoms with E-state index in [2.05, 4.69) is 39.0 Å².